The Balaban J connectivity index is 4.20. The molecule has 0 spiro atoms. The minimum Gasteiger partial charge on any atom is -0.359 e. The fourth-order valence-electron chi connectivity index (χ4n) is 1.11. The maximum atomic E-state index is 11.5. The molecule has 1 amide bonds. The Morgan fingerprint density at radius 3 is 2.50 bits per heavy atom. The van der Waals surface area contributed by atoms with Gasteiger partial charge in [-0.3, -0.25) is 9.79 Å². The second kappa shape index (κ2) is 6.87. The van der Waals surface area contributed by atoms with Gasteiger partial charge in [-0.2, -0.15) is 0 Å². The molecule has 0 fully saturated rings. The van der Waals surface area contributed by atoms with Gasteiger partial charge in [-0.25, -0.2) is 0 Å². The van der Waals surface area contributed by atoms with Crippen LogP contribution >= 0.6 is 0 Å². The first-order valence-corrected chi connectivity index (χ1v) is 5.25. The van der Waals surface area contributed by atoms with Gasteiger partial charge in [0.2, 0.25) is 5.91 Å². The summed E-state index contributed by atoms with van der Waals surface area (Å²) in [5.41, 5.74) is -0.472. The van der Waals surface area contributed by atoms with Crippen molar-refractivity contribution in [2.24, 2.45) is 10.4 Å². The molecule has 0 aromatic carbocycles. The lowest BCUT2D eigenvalue weighted by Gasteiger charge is -2.24. The van der Waals surface area contributed by atoms with Crippen LogP contribution in [0.1, 0.15) is 13.8 Å². The van der Waals surface area contributed by atoms with Crippen LogP contribution in [0.5, 0.6) is 0 Å². The number of hydrogen-bond acceptors (Lipinski definition) is 2. The molecule has 0 heterocycles. The molecule has 0 aromatic heterocycles. The average molecular weight is 226 g/mol. The molecule has 0 saturated heterocycles. The predicted molar refractivity (Wildman–Crippen MR) is 67.4 cm³/mol. The number of nitrogens with one attached hydrogen (secondary N) is 3. The lowest BCUT2D eigenvalue weighted by molar-refractivity contribution is -0.128. The average Bonchev–Trinajstić information content (AvgIpc) is 2.28. The van der Waals surface area contributed by atoms with E-state index in [0.717, 1.165) is 0 Å². The standard InChI is InChI=1S/C11H22N4O/c1-6-7-14-10(13-5)15-8-11(2,3)9(16)12-4/h6H,1,7-8H2,2-5H3,(H,12,16)(H2,13,14,15). The molecule has 0 aliphatic carbocycles. The topological polar surface area (TPSA) is 65.5 Å². The summed E-state index contributed by atoms with van der Waals surface area (Å²) >= 11 is 0. The highest BCUT2D eigenvalue weighted by molar-refractivity contribution is 5.84. The molecule has 0 atom stereocenters. The van der Waals surface area contributed by atoms with Crippen LogP contribution in [0.15, 0.2) is 17.6 Å². The number of guanidine groups is 1. The number of aliphatic imine (C=N–C) groups is 1. The zero-order chi connectivity index (χ0) is 12.6. The van der Waals surface area contributed by atoms with Gasteiger partial charge in [-0.05, 0) is 13.8 Å². The molecule has 0 bridgehead atoms. The Morgan fingerprint density at radius 1 is 1.44 bits per heavy atom. The highest BCUT2D eigenvalue weighted by Gasteiger charge is 2.26. The maximum Gasteiger partial charge on any atom is 0.227 e. The number of rotatable bonds is 5. The van der Waals surface area contributed by atoms with Crippen LogP contribution in [0.25, 0.3) is 0 Å². The molecule has 5 heteroatoms. The zero-order valence-electron chi connectivity index (χ0n) is 10.6. The van der Waals surface area contributed by atoms with Gasteiger partial charge in [0, 0.05) is 27.2 Å². The Bertz CT molecular complexity index is 271. The largest absolute Gasteiger partial charge is 0.359 e. The van der Waals surface area contributed by atoms with Gasteiger partial charge < -0.3 is 16.0 Å². The van der Waals surface area contributed by atoms with E-state index in [2.05, 4.69) is 27.5 Å². The van der Waals surface area contributed by atoms with Gasteiger partial charge in [0.1, 0.15) is 0 Å². The first kappa shape index (κ1) is 14.5. The molecule has 0 aliphatic heterocycles. The third-order valence-corrected chi connectivity index (χ3v) is 2.18. The predicted octanol–water partition coefficient (Wildman–Crippen LogP) is 0.110. The van der Waals surface area contributed by atoms with Gasteiger partial charge >= 0.3 is 0 Å². The van der Waals surface area contributed by atoms with Gasteiger partial charge in [0.05, 0.1) is 5.41 Å². The van der Waals surface area contributed by atoms with E-state index < -0.39 is 5.41 Å². The van der Waals surface area contributed by atoms with Crippen molar-refractivity contribution in [3.05, 3.63) is 12.7 Å². The van der Waals surface area contributed by atoms with Crippen molar-refractivity contribution in [2.45, 2.75) is 13.8 Å². The molecular weight excluding hydrogens is 204 g/mol. The molecule has 0 aliphatic rings. The van der Waals surface area contributed by atoms with Gasteiger partial charge in [0.15, 0.2) is 5.96 Å². The van der Waals surface area contributed by atoms with Crippen LogP contribution in [0, 0.1) is 5.41 Å². The third-order valence-electron chi connectivity index (χ3n) is 2.18. The van der Waals surface area contributed by atoms with Crippen LogP contribution in [0.4, 0.5) is 0 Å². The first-order valence-electron chi connectivity index (χ1n) is 5.25. The SMILES string of the molecule is C=CCNC(=NC)NCC(C)(C)C(=O)NC. The number of carbonyl (C=O) groups is 1. The molecule has 92 valence electrons. The summed E-state index contributed by atoms with van der Waals surface area (Å²) in [7, 11) is 3.32. The fourth-order valence-corrected chi connectivity index (χ4v) is 1.11. The van der Waals surface area contributed by atoms with E-state index in [9.17, 15) is 4.79 Å². The van der Waals surface area contributed by atoms with Crippen molar-refractivity contribution < 1.29 is 4.79 Å². The Labute approximate surface area is 97.4 Å². The molecule has 3 N–H and O–H groups in total. The molecule has 0 aromatic rings. The van der Waals surface area contributed by atoms with Crippen LogP contribution < -0.4 is 16.0 Å². The number of hydrogen-bond donors (Lipinski definition) is 3. The van der Waals surface area contributed by atoms with Gasteiger partial charge in [-0.15, -0.1) is 6.58 Å². The van der Waals surface area contributed by atoms with Crippen molar-refractivity contribution in [3.63, 3.8) is 0 Å². The Hall–Kier alpha value is -1.52. The van der Waals surface area contributed by atoms with Crippen LogP contribution in [-0.2, 0) is 4.79 Å². The summed E-state index contributed by atoms with van der Waals surface area (Å²) in [5.74, 6) is 0.663. The lowest BCUT2D eigenvalue weighted by atomic mass is 9.92. The van der Waals surface area contributed by atoms with Gasteiger partial charge in [0.25, 0.3) is 0 Å². The summed E-state index contributed by atoms with van der Waals surface area (Å²) < 4.78 is 0. The quantitative estimate of drug-likeness (QED) is 0.354. The van der Waals surface area contributed by atoms with Crippen molar-refractivity contribution in [2.75, 3.05) is 27.2 Å². The third kappa shape index (κ3) is 4.82. The molecule has 0 saturated carbocycles. The van der Waals surface area contributed by atoms with Crippen molar-refractivity contribution in [1.82, 2.24) is 16.0 Å². The van der Waals surface area contributed by atoms with E-state index in [1.54, 1.807) is 20.2 Å². The smallest absolute Gasteiger partial charge is 0.227 e. The highest BCUT2D eigenvalue weighted by atomic mass is 16.2. The van der Waals surface area contributed by atoms with E-state index in [-0.39, 0.29) is 5.91 Å². The minimum absolute atomic E-state index is 0.000765. The summed E-state index contributed by atoms with van der Waals surface area (Å²) in [6.45, 7) is 8.51. The molecular formula is C11H22N4O. The molecule has 0 rings (SSSR count). The highest BCUT2D eigenvalue weighted by Crippen LogP contribution is 2.12. The minimum atomic E-state index is -0.472. The van der Waals surface area contributed by atoms with Crippen LogP contribution in [0.2, 0.25) is 0 Å². The summed E-state index contributed by atoms with van der Waals surface area (Å²) in [4.78, 5) is 15.5. The summed E-state index contributed by atoms with van der Waals surface area (Å²) in [5, 5.41) is 8.76. The van der Waals surface area contributed by atoms with Crippen LogP contribution in [0.3, 0.4) is 0 Å². The summed E-state index contributed by atoms with van der Waals surface area (Å²) in [6, 6.07) is 0. The van der Waals surface area contributed by atoms with Crippen molar-refractivity contribution in [3.8, 4) is 0 Å². The van der Waals surface area contributed by atoms with Crippen molar-refractivity contribution >= 4 is 11.9 Å². The van der Waals surface area contributed by atoms with Crippen molar-refractivity contribution in [1.29, 1.82) is 0 Å². The molecule has 16 heavy (non-hydrogen) atoms. The Morgan fingerprint density at radius 2 is 2.06 bits per heavy atom. The zero-order valence-corrected chi connectivity index (χ0v) is 10.6. The fraction of sp³-hybridized carbons (Fsp3) is 0.636. The van der Waals surface area contributed by atoms with Crippen LogP contribution in [-0.4, -0.2) is 39.1 Å². The molecule has 5 nitrogen and oxygen atoms in total. The second-order valence-corrected chi connectivity index (χ2v) is 4.06. The van der Waals surface area contributed by atoms with E-state index in [1.165, 1.54) is 0 Å². The van der Waals surface area contributed by atoms with E-state index in [1.807, 2.05) is 13.8 Å². The lowest BCUT2D eigenvalue weighted by Crippen LogP contribution is -2.47. The molecule has 0 unspecified atom stereocenters. The number of nitrogens with zero attached hydrogens (tertiary/aromatic N) is 1. The maximum absolute atomic E-state index is 11.5. The van der Waals surface area contributed by atoms with Gasteiger partial charge in [-0.1, -0.05) is 6.08 Å². The summed E-state index contributed by atoms with van der Waals surface area (Å²) in [6.07, 6.45) is 1.75. The first-order chi connectivity index (χ1) is 7.47. The Kier molecular flexibility index (Phi) is 6.22. The van der Waals surface area contributed by atoms with E-state index in [0.29, 0.717) is 19.0 Å². The number of amides is 1. The van der Waals surface area contributed by atoms with E-state index >= 15 is 0 Å². The normalized spacial score (nSPS) is 11.9. The monoisotopic (exact) mass is 226 g/mol. The number of carbonyl (C=O) groups excluding carboxylic acids is 1. The van der Waals surface area contributed by atoms with E-state index in [4.69, 9.17) is 0 Å². The molecule has 0 radical (unpaired) electrons. The second-order valence-electron chi connectivity index (χ2n) is 4.06.